The Balaban J connectivity index is 1.93. The van der Waals surface area contributed by atoms with Crippen molar-refractivity contribution < 1.29 is 4.79 Å². The van der Waals surface area contributed by atoms with E-state index < -0.39 is 0 Å². The fourth-order valence-corrected chi connectivity index (χ4v) is 1.78. The molecule has 0 aliphatic carbocycles. The van der Waals surface area contributed by atoms with Crippen LogP contribution in [-0.4, -0.2) is 27.4 Å². The van der Waals surface area contributed by atoms with Gasteiger partial charge in [-0.25, -0.2) is 4.68 Å². The molecule has 0 saturated heterocycles. The number of hydrogen-bond acceptors (Lipinski definition) is 4. The molecule has 0 spiro atoms. The number of amides is 1. The number of nitrogens with zero attached hydrogens (tertiary/aromatic N) is 3. The molecule has 2 rings (SSSR count). The zero-order valence-corrected chi connectivity index (χ0v) is 11.0. The van der Waals surface area contributed by atoms with Gasteiger partial charge in [0, 0.05) is 23.3 Å². The number of nitrogens with one attached hydrogen (secondary N) is 1. The van der Waals surface area contributed by atoms with Crippen LogP contribution in [0.1, 0.15) is 5.69 Å². The van der Waals surface area contributed by atoms with Crippen LogP contribution < -0.4 is 11.1 Å². The minimum atomic E-state index is -0.188. The second-order valence-electron chi connectivity index (χ2n) is 4.00. The van der Waals surface area contributed by atoms with Gasteiger partial charge in [0.1, 0.15) is 6.54 Å². The molecule has 1 aromatic carbocycles. The van der Waals surface area contributed by atoms with E-state index in [1.165, 1.54) is 4.68 Å². The lowest BCUT2D eigenvalue weighted by Crippen LogP contribution is -2.19. The first kappa shape index (κ1) is 13.5. The van der Waals surface area contributed by atoms with Crippen LogP contribution in [-0.2, 0) is 17.8 Å². The minimum absolute atomic E-state index is 0.101. The molecule has 0 aliphatic rings. The predicted molar refractivity (Wildman–Crippen MR) is 72.9 cm³/mol. The second kappa shape index (κ2) is 6.31. The highest BCUT2D eigenvalue weighted by molar-refractivity contribution is 6.30. The molecule has 0 aliphatic heterocycles. The van der Waals surface area contributed by atoms with Crippen molar-refractivity contribution in [2.45, 2.75) is 13.0 Å². The highest BCUT2D eigenvalue weighted by atomic mass is 35.5. The van der Waals surface area contributed by atoms with Crippen LogP contribution in [0.15, 0.2) is 30.5 Å². The number of hydrogen-bond donors (Lipinski definition) is 2. The third-order valence-corrected chi connectivity index (χ3v) is 2.64. The van der Waals surface area contributed by atoms with Gasteiger partial charge in [-0.3, -0.25) is 4.79 Å². The summed E-state index contributed by atoms with van der Waals surface area (Å²) < 4.78 is 1.48. The van der Waals surface area contributed by atoms with Crippen molar-refractivity contribution >= 4 is 23.2 Å². The number of nitrogens with two attached hydrogens (primary N) is 1. The lowest BCUT2D eigenvalue weighted by Gasteiger charge is -2.04. The van der Waals surface area contributed by atoms with Crippen molar-refractivity contribution in [3.8, 4) is 0 Å². The number of carbonyl (C=O) groups is 1. The Kier molecular flexibility index (Phi) is 4.48. The summed E-state index contributed by atoms with van der Waals surface area (Å²) in [6, 6.07) is 6.96. The molecule has 0 radical (unpaired) electrons. The van der Waals surface area contributed by atoms with Gasteiger partial charge >= 0.3 is 0 Å². The molecule has 1 aromatic heterocycles. The number of anilines is 1. The number of aromatic nitrogens is 3. The second-order valence-corrected chi connectivity index (χ2v) is 4.44. The van der Waals surface area contributed by atoms with Crippen molar-refractivity contribution in [3.05, 3.63) is 41.2 Å². The average Bonchev–Trinajstić information content (AvgIpc) is 2.77. The standard InChI is InChI=1S/C12H14ClN5O/c13-9-2-1-3-10(6-9)15-12(19)8-18-7-11(4-5-14)16-17-18/h1-3,6-7H,4-5,8,14H2,(H,15,19). The first-order chi connectivity index (χ1) is 9.17. The molecule has 0 unspecified atom stereocenters. The normalized spacial score (nSPS) is 10.4. The average molecular weight is 280 g/mol. The lowest BCUT2D eigenvalue weighted by atomic mass is 10.3. The Labute approximate surface area is 115 Å². The Bertz CT molecular complexity index is 569. The molecular formula is C12H14ClN5O. The molecule has 1 amide bonds. The summed E-state index contributed by atoms with van der Waals surface area (Å²) >= 11 is 5.84. The molecule has 7 heteroatoms. The SMILES string of the molecule is NCCc1cn(CC(=O)Nc2cccc(Cl)c2)nn1. The van der Waals surface area contributed by atoms with Crippen molar-refractivity contribution in [2.24, 2.45) is 5.73 Å². The fourth-order valence-electron chi connectivity index (χ4n) is 1.59. The first-order valence-corrected chi connectivity index (χ1v) is 6.19. The van der Waals surface area contributed by atoms with Gasteiger partial charge in [-0.15, -0.1) is 5.10 Å². The summed E-state index contributed by atoms with van der Waals surface area (Å²) in [6.07, 6.45) is 2.36. The Morgan fingerprint density at radius 3 is 3.05 bits per heavy atom. The third-order valence-electron chi connectivity index (χ3n) is 2.40. The molecular weight excluding hydrogens is 266 g/mol. The van der Waals surface area contributed by atoms with Crippen LogP contribution in [0.25, 0.3) is 0 Å². The molecule has 6 nitrogen and oxygen atoms in total. The quantitative estimate of drug-likeness (QED) is 0.857. The summed E-state index contributed by atoms with van der Waals surface area (Å²) in [7, 11) is 0. The monoisotopic (exact) mass is 279 g/mol. The largest absolute Gasteiger partial charge is 0.330 e. The molecule has 0 saturated carbocycles. The molecule has 1 heterocycles. The predicted octanol–water partition coefficient (Wildman–Crippen LogP) is 1.07. The zero-order valence-electron chi connectivity index (χ0n) is 10.2. The van der Waals surface area contributed by atoms with Gasteiger partial charge in [-0.05, 0) is 24.7 Å². The summed E-state index contributed by atoms with van der Waals surface area (Å²) in [5.41, 5.74) is 6.85. The van der Waals surface area contributed by atoms with Crippen molar-refractivity contribution in [1.29, 1.82) is 0 Å². The van der Waals surface area contributed by atoms with Crippen LogP contribution in [0.3, 0.4) is 0 Å². The van der Waals surface area contributed by atoms with Gasteiger partial charge in [0.2, 0.25) is 5.91 Å². The van der Waals surface area contributed by atoms with E-state index >= 15 is 0 Å². The van der Waals surface area contributed by atoms with Gasteiger partial charge in [0.15, 0.2) is 0 Å². The molecule has 19 heavy (non-hydrogen) atoms. The van der Waals surface area contributed by atoms with E-state index in [-0.39, 0.29) is 12.5 Å². The highest BCUT2D eigenvalue weighted by Crippen LogP contribution is 2.14. The van der Waals surface area contributed by atoms with Crippen molar-refractivity contribution in [2.75, 3.05) is 11.9 Å². The number of halogens is 1. The van der Waals surface area contributed by atoms with Crippen LogP contribution in [0.5, 0.6) is 0 Å². The van der Waals surface area contributed by atoms with E-state index in [2.05, 4.69) is 15.6 Å². The highest BCUT2D eigenvalue weighted by Gasteiger charge is 2.06. The maximum Gasteiger partial charge on any atom is 0.246 e. The van der Waals surface area contributed by atoms with E-state index in [1.807, 2.05) is 0 Å². The van der Waals surface area contributed by atoms with E-state index in [0.29, 0.717) is 23.7 Å². The van der Waals surface area contributed by atoms with Crippen LogP contribution >= 0.6 is 11.6 Å². The Morgan fingerprint density at radius 1 is 1.47 bits per heavy atom. The molecule has 100 valence electrons. The molecule has 3 N–H and O–H groups in total. The summed E-state index contributed by atoms with van der Waals surface area (Å²) in [6.45, 7) is 0.609. The van der Waals surface area contributed by atoms with Crippen LogP contribution in [0.4, 0.5) is 5.69 Å². The minimum Gasteiger partial charge on any atom is -0.330 e. The Hall–Kier alpha value is -1.92. The third kappa shape index (κ3) is 4.04. The molecule has 0 atom stereocenters. The smallest absolute Gasteiger partial charge is 0.246 e. The zero-order chi connectivity index (χ0) is 13.7. The number of rotatable bonds is 5. The summed E-state index contributed by atoms with van der Waals surface area (Å²) in [4.78, 5) is 11.8. The summed E-state index contributed by atoms with van der Waals surface area (Å²) in [5, 5.41) is 11.1. The van der Waals surface area contributed by atoms with Gasteiger partial charge in [-0.1, -0.05) is 22.9 Å². The maximum absolute atomic E-state index is 11.8. The lowest BCUT2D eigenvalue weighted by molar-refractivity contribution is -0.116. The van der Waals surface area contributed by atoms with Crippen LogP contribution in [0.2, 0.25) is 5.02 Å². The van der Waals surface area contributed by atoms with Crippen molar-refractivity contribution in [3.63, 3.8) is 0 Å². The van der Waals surface area contributed by atoms with E-state index in [4.69, 9.17) is 17.3 Å². The van der Waals surface area contributed by atoms with Gasteiger partial charge < -0.3 is 11.1 Å². The number of carbonyl (C=O) groups excluding carboxylic acids is 1. The topological polar surface area (TPSA) is 85.8 Å². The van der Waals surface area contributed by atoms with E-state index in [1.54, 1.807) is 30.5 Å². The van der Waals surface area contributed by atoms with Crippen molar-refractivity contribution in [1.82, 2.24) is 15.0 Å². The van der Waals surface area contributed by atoms with E-state index in [0.717, 1.165) is 5.69 Å². The fraction of sp³-hybridized carbons (Fsp3) is 0.250. The summed E-state index contributed by atoms with van der Waals surface area (Å²) in [5.74, 6) is -0.188. The molecule has 0 fully saturated rings. The van der Waals surface area contributed by atoms with Crippen LogP contribution in [0, 0.1) is 0 Å². The molecule has 0 bridgehead atoms. The Morgan fingerprint density at radius 2 is 2.32 bits per heavy atom. The van der Waals surface area contributed by atoms with Gasteiger partial charge in [0.25, 0.3) is 0 Å². The van der Waals surface area contributed by atoms with Gasteiger partial charge in [-0.2, -0.15) is 0 Å². The first-order valence-electron chi connectivity index (χ1n) is 5.82. The van der Waals surface area contributed by atoms with Gasteiger partial charge in [0.05, 0.1) is 5.69 Å². The molecule has 2 aromatic rings. The maximum atomic E-state index is 11.8. The van der Waals surface area contributed by atoms with E-state index in [9.17, 15) is 4.79 Å². The number of benzene rings is 1.